The molecule has 3 rings (SSSR count). The van der Waals surface area contributed by atoms with Crippen LogP contribution in [-0.2, 0) is 9.59 Å². The Hall–Kier alpha value is -2.11. The number of carbonyl (C=O) groups excluding carboxylic acids is 2. The van der Waals surface area contributed by atoms with Crippen molar-refractivity contribution in [2.45, 2.75) is 32.7 Å². The van der Waals surface area contributed by atoms with Crippen LogP contribution in [0.1, 0.15) is 26.7 Å². The van der Waals surface area contributed by atoms with E-state index in [2.05, 4.69) is 15.2 Å². The fraction of sp³-hybridized carbons (Fsp3) is 0.588. The minimum absolute atomic E-state index is 0.0867. The summed E-state index contributed by atoms with van der Waals surface area (Å²) < 4.78 is 0. The summed E-state index contributed by atoms with van der Waals surface area (Å²) in [5.74, 6) is 0.693. The molecular formula is C17H24N4O2. The Balaban J connectivity index is 1.58. The van der Waals surface area contributed by atoms with E-state index in [1.54, 1.807) is 24.9 Å². The third-order valence-electron chi connectivity index (χ3n) is 4.56. The first-order chi connectivity index (χ1) is 11.0. The Morgan fingerprint density at radius 3 is 2.43 bits per heavy atom. The molecule has 1 aromatic heterocycles. The standard InChI is InChI=1S/C17H24N4O2/c1-17(2,15(22)19-13-6-7-13)16(23)21-11-9-20(10-12-21)14-5-3-4-8-18-14/h3-5,8,13H,6-7,9-12H2,1-2H3,(H,19,22). The first-order valence-corrected chi connectivity index (χ1v) is 8.25. The topological polar surface area (TPSA) is 65.5 Å². The molecule has 2 aliphatic rings. The highest BCUT2D eigenvalue weighted by atomic mass is 16.2. The Labute approximate surface area is 136 Å². The highest BCUT2D eigenvalue weighted by Crippen LogP contribution is 2.25. The Bertz CT molecular complexity index is 576. The van der Waals surface area contributed by atoms with Gasteiger partial charge in [-0.3, -0.25) is 9.59 Å². The SMILES string of the molecule is CC(C)(C(=O)NC1CC1)C(=O)N1CCN(c2ccccn2)CC1. The number of rotatable bonds is 4. The molecule has 0 bridgehead atoms. The largest absolute Gasteiger partial charge is 0.353 e. The van der Waals surface area contributed by atoms with Crippen molar-refractivity contribution in [2.75, 3.05) is 31.1 Å². The van der Waals surface area contributed by atoms with Crippen molar-refractivity contribution in [2.24, 2.45) is 5.41 Å². The highest BCUT2D eigenvalue weighted by Gasteiger charge is 2.41. The van der Waals surface area contributed by atoms with E-state index in [0.29, 0.717) is 13.1 Å². The van der Waals surface area contributed by atoms with E-state index in [1.165, 1.54) is 0 Å². The Morgan fingerprint density at radius 1 is 1.17 bits per heavy atom. The van der Waals surface area contributed by atoms with Gasteiger partial charge in [0, 0.05) is 38.4 Å². The van der Waals surface area contributed by atoms with Crippen molar-refractivity contribution >= 4 is 17.6 Å². The van der Waals surface area contributed by atoms with Crippen LogP contribution < -0.4 is 10.2 Å². The summed E-state index contributed by atoms with van der Waals surface area (Å²) in [6, 6.07) is 6.11. The summed E-state index contributed by atoms with van der Waals surface area (Å²) in [5, 5.41) is 2.94. The van der Waals surface area contributed by atoms with Crippen molar-refractivity contribution in [1.29, 1.82) is 0 Å². The summed E-state index contributed by atoms with van der Waals surface area (Å²) in [6.07, 6.45) is 3.83. The maximum atomic E-state index is 12.7. The van der Waals surface area contributed by atoms with Crippen LogP contribution in [0.25, 0.3) is 0 Å². The monoisotopic (exact) mass is 316 g/mol. The van der Waals surface area contributed by atoms with Gasteiger partial charge in [-0.1, -0.05) is 6.07 Å². The second kappa shape index (κ2) is 6.18. The fourth-order valence-corrected chi connectivity index (χ4v) is 2.77. The molecule has 1 saturated heterocycles. The van der Waals surface area contributed by atoms with E-state index >= 15 is 0 Å². The molecule has 1 aliphatic carbocycles. The molecule has 2 amide bonds. The van der Waals surface area contributed by atoms with E-state index in [-0.39, 0.29) is 17.9 Å². The molecule has 23 heavy (non-hydrogen) atoms. The number of anilines is 1. The lowest BCUT2D eigenvalue weighted by Crippen LogP contribution is -2.55. The predicted octanol–water partition coefficient (Wildman–Crippen LogP) is 1.03. The van der Waals surface area contributed by atoms with Crippen LogP contribution in [0.15, 0.2) is 24.4 Å². The van der Waals surface area contributed by atoms with Crippen LogP contribution in [0.2, 0.25) is 0 Å². The lowest BCUT2D eigenvalue weighted by atomic mass is 9.90. The lowest BCUT2D eigenvalue weighted by molar-refractivity contribution is -0.148. The summed E-state index contributed by atoms with van der Waals surface area (Å²) >= 11 is 0. The van der Waals surface area contributed by atoms with E-state index < -0.39 is 5.41 Å². The van der Waals surface area contributed by atoms with Crippen molar-refractivity contribution < 1.29 is 9.59 Å². The maximum absolute atomic E-state index is 12.7. The number of hydrogen-bond donors (Lipinski definition) is 1. The molecule has 0 spiro atoms. The minimum Gasteiger partial charge on any atom is -0.353 e. The van der Waals surface area contributed by atoms with Gasteiger partial charge in [-0.05, 0) is 38.8 Å². The zero-order valence-corrected chi connectivity index (χ0v) is 13.8. The van der Waals surface area contributed by atoms with Gasteiger partial charge < -0.3 is 15.1 Å². The molecule has 1 N–H and O–H groups in total. The quantitative estimate of drug-likeness (QED) is 0.843. The summed E-state index contributed by atoms with van der Waals surface area (Å²) in [6.45, 7) is 6.16. The second-order valence-corrected chi connectivity index (χ2v) is 6.84. The van der Waals surface area contributed by atoms with Gasteiger partial charge in [0.05, 0.1) is 0 Å². The fourth-order valence-electron chi connectivity index (χ4n) is 2.77. The summed E-state index contributed by atoms with van der Waals surface area (Å²) in [7, 11) is 0. The average molecular weight is 316 g/mol. The third kappa shape index (κ3) is 3.46. The molecular weight excluding hydrogens is 292 g/mol. The van der Waals surface area contributed by atoms with Crippen LogP contribution in [0.3, 0.4) is 0 Å². The molecule has 0 radical (unpaired) electrons. The lowest BCUT2D eigenvalue weighted by Gasteiger charge is -2.38. The molecule has 124 valence electrons. The van der Waals surface area contributed by atoms with Gasteiger partial charge in [0.2, 0.25) is 11.8 Å². The number of piperazine rings is 1. The number of pyridine rings is 1. The van der Waals surface area contributed by atoms with Crippen LogP contribution in [0, 0.1) is 5.41 Å². The number of hydrogen-bond acceptors (Lipinski definition) is 4. The molecule has 6 nitrogen and oxygen atoms in total. The Morgan fingerprint density at radius 2 is 1.87 bits per heavy atom. The zero-order chi connectivity index (χ0) is 16.4. The average Bonchev–Trinajstić information content (AvgIpc) is 3.39. The number of amides is 2. The predicted molar refractivity (Wildman–Crippen MR) is 88.0 cm³/mol. The second-order valence-electron chi connectivity index (χ2n) is 6.84. The van der Waals surface area contributed by atoms with E-state index in [9.17, 15) is 9.59 Å². The van der Waals surface area contributed by atoms with Crippen molar-refractivity contribution in [1.82, 2.24) is 15.2 Å². The zero-order valence-electron chi connectivity index (χ0n) is 13.8. The number of nitrogens with zero attached hydrogens (tertiary/aromatic N) is 3. The van der Waals surface area contributed by atoms with E-state index in [1.807, 2.05) is 18.2 Å². The number of aromatic nitrogens is 1. The van der Waals surface area contributed by atoms with Gasteiger partial charge in [-0.15, -0.1) is 0 Å². The smallest absolute Gasteiger partial charge is 0.237 e. The van der Waals surface area contributed by atoms with Gasteiger partial charge in [-0.2, -0.15) is 0 Å². The van der Waals surface area contributed by atoms with Gasteiger partial charge in [-0.25, -0.2) is 4.98 Å². The molecule has 2 heterocycles. The summed E-state index contributed by atoms with van der Waals surface area (Å²) in [4.78, 5) is 33.4. The van der Waals surface area contributed by atoms with E-state index in [4.69, 9.17) is 0 Å². The normalized spacial score (nSPS) is 18.7. The van der Waals surface area contributed by atoms with Crippen molar-refractivity contribution in [3.05, 3.63) is 24.4 Å². The molecule has 0 unspecified atom stereocenters. The molecule has 0 aromatic carbocycles. The van der Waals surface area contributed by atoms with Gasteiger partial charge in [0.1, 0.15) is 11.2 Å². The van der Waals surface area contributed by atoms with Crippen LogP contribution >= 0.6 is 0 Å². The molecule has 1 aromatic rings. The van der Waals surface area contributed by atoms with E-state index in [0.717, 1.165) is 31.7 Å². The molecule has 1 saturated carbocycles. The molecule has 0 atom stereocenters. The number of nitrogens with one attached hydrogen (secondary N) is 1. The van der Waals surface area contributed by atoms with Gasteiger partial charge in [0.25, 0.3) is 0 Å². The van der Waals surface area contributed by atoms with Crippen molar-refractivity contribution in [3.63, 3.8) is 0 Å². The summed E-state index contributed by atoms with van der Waals surface area (Å²) in [5.41, 5.74) is -1.00. The highest BCUT2D eigenvalue weighted by molar-refractivity contribution is 6.04. The van der Waals surface area contributed by atoms with Crippen LogP contribution in [-0.4, -0.2) is 53.9 Å². The third-order valence-corrected chi connectivity index (χ3v) is 4.56. The Kier molecular flexibility index (Phi) is 4.24. The minimum atomic E-state index is -1.00. The van der Waals surface area contributed by atoms with Crippen molar-refractivity contribution in [3.8, 4) is 0 Å². The first kappa shape index (κ1) is 15.8. The van der Waals surface area contributed by atoms with Gasteiger partial charge in [0.15, 0.2) is 0 Å². The molecule has 6 heteroatoms. The van der Waals surface area contributed by atoms with Crippen LogP contribution in [0.4, 0.5) is 5.82 Å². The molecule has 2 fully saturated rings. The van der Waals surface area contributed by atoms with Gasteiger partial charge >= 0.3 is 0 Å². The maximum Gasteiger partial charge on any atom is 0.237 e. The number of carbonyl (C=O) groups is 2. The first-order valence-electron chi connectivity index (χ1n) is 8.25. The molecule has 1 aliphatic heterocycles. The van der Waals surface area contributed by atoms with Crippen LogP contribution in [0.5, 0.6) is 0 Å².